The van der Waals surface area contributed by atoms with Crippen LogP contribution in [0, 0.1) is 5.92 Å². The molecule has 3 heterocycles. The maximum Gasteiger partial charge on any atom is 0.338 e. The number of hydrogen-bond donors (Lipinski definition) is 2. The van der Waals surface area contributed by atoms with Gasteiger partial charge in [0.25, 0.3) is 0 Å². The second-order valence-corrected chi connectivity index (χ2v) is 7.54. The number of esters is 1. The molecule has 29 heavy (non-hydrogen) atoms. The van der Waals surface area contributed by atoms with Crippen molar-refractivity contribution < 1.29 is 23.5 Å². The third-order valence-electron chi connectivity index (χ3n) is 5.47. The van der Waals surface area contributed by atoms with Gasteiger partial charge in [-0.1, -0.05) is 0 Å². The highest BCUT2D eigenvalue weighted by Crippen LogP contribution is 2.32. The van der Waals surface area contributed by atoms with E-state index in [0.717, 1.165) is 12.8 Å². The first-order chi connectivity index (χ1) is 14.1. The van der Waals surface area contributed by atoms with Crippen molar-refractivity contribution in [2.24, 2.45) is 5.92 Å². The Kier molecular flexibility index (Phi) is 5.57. The Balaban J connectivity index is 1.51. The van der Waals surface area contributed by atoms with Crippen LogP contribution in [0.15, 0.2) is 34.1 Å². The number of nitrogens with one attached hydrogen (secondary N) is 2. The summed E-state index contributed by atoms with van der Waals surface area (Å²) in [5.41, 5.74) is 0.855. The van der Waals surface area contributed by atoms with E-state index in [1.165, 1.54) is 6.26 Å². The summed E-state index contributed by atoms with van der Waals surface area (Å²) in [5, 5.41) is 5.51. The van der Waals surface area contributed by atoms with Crippen LogP contribution in [0.1, 0.15) is 31.6 Å². The second kappa shape index (κ2) is 8.28. The fourth-order valence-electron chi connectivity index (χ4n) is 3.80. The zero-order valence-electron chi connectivity index (χ0n) is 16.5. The first-order valence-corrected chi connectivity index (χ1v) is 10.1. The lowest BCUT2D eigenvalue weighted by molar-refractivity contribution is -0.139. The number of hydrogen-bond acceptors (Lipinski definition) is 6. The maximum atomic E-state index is 12.7. The van der Waals surface area contributed by atoms with Gasteiger partial charge in [-0.25, -0.2) is 9.59 Å². The Labute approximate surface area is 169 Å². The fourth-order valence-corrected chi connectivity index (χ4v) is 3.80. The van der Waals surface area contributed by atoms with Crippen molar-refractivity contribution in [3.63, 3.8) is 0 Å². The van der Waals surface area contributed by atoms with Crippen LogP contribution in [0.3, 0.4) is 0 Å². The molecule has 9 heteroatoms. The van der Waals surface area contributed by atoms with Crippen LogP contribution in [-0.2, 0) is 14.3 Å². The maximum absolute atomic E-state index is 12.7. The van der Waals surface area contributed by atoms with Crippen molar-refractivity contribution >= 4 is 17.9 Å². The van der Waals surface area contributed by atoms with Crippen LogP contribution in [0.2, 0.25) is 0 Å². The summed E-state index contributed by atoms with van der Waals surface area (Å²) in [6, 6.07) is 2.33. The molecular weight excluding hydrogens is 376 g/mol. The van der Waals surface area contributed by atoms with E-state index in [1.807, 2.05) is 4.90 Å². The third-order valence-corrected chi connectivity index (χ3v) is 5.47. The van der Waals surface area contributed by atoms with Crippen LogP contribution in [-0.4, -0.2) is 67.0 Å². The zero-order valence-corrected chi connectivity index (χ0v) is 16.5. The van der Waals surface area contributed by atoms with Crippen molar-refractivity contribution in [1.29, 1.82) is 0 Å². The molecule has 2 aliphatic heterocycles. The van der Waals surface area contributed by atoms with Crippen LogP contribution >= 0.6 is 0 Å². The number of carbonyl (C=O) groups excluding carboxylic acids is 3. The predicted molar refractivity (Wildman–Crippen MR) is 103 cm³/mol. The number of ether oxygens (including phenoxy) is 1. The third kappa shape index (κ3) is 4.29. The highest BCUT2D eigenvalue weighted by molar-refractivity contribution is 5.95. The molecule has 3 amide bonds. The van der Waals surface area contributed by atoms with Crippen molar-refractivity contribution in [2.45, 2.75) is 25.8 Å². The molecule has 1 atom stereocenters. The molecule has 0 spiro atoms. The summed E-state index contributed by atoms with van der Waals surface area (Å²) in [4.78, 5) is 41.3. The Bertz CT molecular complexity index is 807. The monoisotopic (exact) mass is 402 g/mol. The standard InChI is InChI=1S/C20H26N4O5/c1-2-28-19(26)16-14(21-20(27)22-17(16)15-4-3-11-29-15)12-23-7-9-24(10-8-23)18(25)13-5-6-13/h3-4,11,13,17H,2,5-10,12H2,1H3,(H2,21,22,27). The predicted octanol–water partition coefficient (Wildman–Crippen LogP) is 1.00. The summed E-state index contributed by atoms with van der Waals surface area (Å²) in [5.74, 6) is 0.459. The lowest BCUT2D eigenvalue weighted by Crippen LogP contribution is -2.52. The number of rotatable bonds is 6. The number of furan rings is 1. The van der Waals surface area contributed by atoms with Crippen LogP contribution in [0.5, 0.6) is 0 Å². The Morgan fingerprint density at radius 2 is 2.00 bits per heavy atom. The van der Waals surface area contributed by atoms with Gasteiger partial charge in [0.1, 0.15) is 11.8 Å². The van der Waals surface area contributed by atoms with Gasteiger partial charge in [-0.05, 0) is 31.9 Å². The number of urea groups is 1. The van der Waals surface area contributed by atoms with Crippen LogP contribution < -0.4 is 10.6 Å². The van der Waals surface area contributed by atoms with Gasteiger partial charge in [0.2, 0.25) is 5.91 Å². The van der Waals surface area contributed by atoms with Gasteiger partial charge in [0.15, 0.2) is 0 Å². The molecule has 0 aromatic carbocycles. The molecule has 4 rings (SSSR count). The van der Waals surface area contributed by atoms with E-state index in [-0.39, 0.29) is 18.4 Å². The first kappa shape index (κ1) is 19.5. The summed E-state index contributed by atoms with van der Waals surface area (Å²) in [6.45, 7) is 5.06. The van der Waals surface area contributed by atoms with Crippen LogP contribution in [0.25, 0.3) is 0 Å². The quantitative estimate of drug-likeness (QED) is 0.688. The number of nitrogens with zero attached hydrogens (tertiary/aromatic N) is 2. The lowest BCUT2D eigenvalue weighted by Gasteiger charge is -2.36. The van der Waals surface area contributed by atoms with Crippen molar-refractivity contribution in [3.05, 3.63) is 35.4 Å². The molecule has 1 aliphatic carbocycles. The molecule has 0 radical (unpaired) electrons. The normalized spacial score (nSPS) is 22.9. The smallest absolute Gasteiger partial charge is 0.338 e. The van der Waals surface area contributed by atoms with E-state index in [2.05, 4.69) is 15.5 Å². The van der Waals surface area contributed by atoms with Gasteiger partial charge in [-0.3, -0.25) is 9.69 Å². The molecule has 1 unspecified atom stereocenters. The number of piperazine rings is 1. The van der Waals surface area contributed by atoms with E-state index in [1.54, 1.807) is 19.1 Å². The summed E-state index contributed by atoms with van der Waals surface area (Å²) >= 11 is 0. The van der Waals surface area contributed by atoms with E-state index in [4.69, 9.17) is 9.15 Å². The fraction of sp³-hybridized carbons (Fsp3) is 0.550. The molecule has 9 nitrogen and oxygen atoms in total. The van der Waals surface area contributed by atoms with Gasteiger partial charge in [0, 0.05) is 44.3 Å². The van der Waals surface area contributed by atoms with Crippen molar-refractivity contribution in [1.82, 2.24) is 20.4 Å². The number of carbonyl (C=O) groups is 3. The number of amides is 3. The largest absolute Gasteiger partial charge is 0.467 e. The highest BCUT2D eigenvalue weighted by Gasteiger charge is 2.37. The van der Waals surface area contributed by atoms with E-state index >= 15 is 0 Å². The Morgan fingerprint density at radius 1 is 1.24 bits per heavy atom. The molecular formula is C20H26N4O5. The summed E-state index contributed by atoms with van der Waals surface area (Å²) < 4.78 is 10.7. The molecule has 2 N–H and O–H groups in total. The van der Waals surface area contributed by atoms with E-state index < -0.39 is 18.0 Å². The average molecular weight is 402 g/mol. The molecule has 1 saturated carbocycles. The Morgan fingerprint density at radius 3 is 2.62 bits per heavy atom. The molecule has 3 aliphatic rings. The van der Waals surface area contributed by atoms with Gasteiger partial charge in [0.05, 0.1) is 18.4 Å². The molecule has 1 aromatic heterocycles. The molecule has 156 valence electrons. The summed E-state index contributed by atoms with van der Waals surface area (Å²) in [7, 11) is 0. The van der Waals surface area contributed by atoms with E-state index in [0.29, 0.717) is 49.8 Å². The van der Waals surface area contributed by atoms with Gasteiger partial charge < -0.3 is 24.7 Å². The molecule has 1 saturated heterocycles. The zero-order chi connectivity index (χ0) is 20.4. The molecule has 1 aromatic rings. The lowest BCUT2D eigenvalue weighted by atomic mass is 9.99. The topological polar surface area (TPSA) is 104 Å². The minimum absolute atomic E-state index is 0.220. The minimum atomic E-state index is -0.703. The molecule has 2 fully saturated rings. The van der Waals surface area contributed by atoms with Gasteiger partial charge in [-0.2, -0.15) is 0 Å². The first-order valence-electron chi connectivity index (χ1n) is 10.1. The second-order valence-electron chi connectivity index (χ2n) is 7.54. The Hall–Kier alpha value is -2.81. The van der Waals surface area contributed by atoms with Crippen molar-refractivity contribution in [3.8, 4) is 0 Å². The van der Waals surface area contributed by atoms with Gasteiger partial charge in [-0.15, -0.1) is 0 Å². The highest BCUT2D eigenvalue weighted by atomic mass is 16.5. The SMILES string of the molecule is CCOC(=O)C1=C(CN2CCN(C(=O)C3CC3)CC2)NC(=O)NC1c1ccco1. The van der Waals surface area contributed by atoms with E-state index in [9.17, 15) is 14.4 Å². The summed E-state index contributed by atoms with van der Waals surface area (Å²) in [6.07, 6.45) is 3.51. The average Bonchev–Trinajstić information content (AvgIpc) is 3.41. The van der Waals surface area contributed by atoms with Gasteiger partial charge >= 0.3 is 12.0 Å². The minimum Gasteiger partial charge on any atom is -0.467 e. The van der Waals surface area contributed by atoms with Crippen molar-refractivity contribution in [2.75, 3.05) is 39.3 Å². The van der Waals surface area contributed by atoms with Crippen LogP contribution in [0.4, 0.5) is 4.79 Å². The molecule has 0 bridgehead atoms.